The lowest BCUT2D eigenvalue weighted by Gasteiger charge is -2.36. The van der Waals surface area contributed by atoms with Gasteiger partial charge in [0.05, 0.1) is 35.0 Å². The molecule has 164 valence electrons. The fourth-order valence-electron chi connectivity index (χ4n) is 4.07. The van der Waals surface area contributed by atoms with Gasteiger partial charge >= 0.3 is 6.18 Å². The number of nitrogens with zero attached hydrogens (tertiary/aromatic N) is 2. The number of pyridine rings is 1. The maximum Gasteiger partial charge on any atom is 0.416 e. The summed E-state index contributed by atoms with van der Waals surface area (Å²) in [7, 11) is 0. The molecule has 32 heavy (non-hydrogen) atoms. The van der Waals surface area contributed by atoms with Gasteiger partial charge in [0, 0.05) is 22.9 Å². The third-order valence-electron chi connectivity index (χ3n) is 5.68. The second kappa shape index (κ2) is 7.75. The van der Waals surface area contributed by atoms with E-state index in [4.69, 9.17) is 10.5 Å². The number of morpholine rings is 1. The van der Waals surface area contributed by atoms with Crippen molar-refractivity contribution < 1.29 is 22.7 Å². The van der Waals surface area contributed by atoms with E-state index in [1.54, 1.807) is 23.1 Å². The molecule has 2 aromatic carbocycles. The average molecular weight is 457 g/mol. The molecular weight excluding hydrogens is 439 g/mol. The van der Waals surface area contributed by atoms with Gasteiger partial charge < -0.3 is 15.4 Å². The number of benzene rings is 2. The number of amides is 1. The van der Waals surface area contributed by atoms with Gasteiger partial charge in [0.1, 0.15) is 5.82 Å². The Labute approximate surface area is 185 Å². The molecule has 2 N–H and O–H groups in total. The van der Waals surface area contributed by atoms with E-state index < -0.39 is 17.8 Å². The normalized spacial score (nSPS) is 17.2. The summed E-state index contributed by atoms with van der Waals surface area (Å²) in [5.41, 5.74) is 7.10. The predicted octanol–water partition coefficient (Wildman–Crippen LogP) is 5.26. The summed E-state index contributed by atoms with van der Waals surface area (Å²) in [6, 6.07) is 11.6. The highest BCUT2D eigenvalue weighted by Crippen LogP contribution is 2.34. The summed E-state index contributed by atoms with van der Waals surface area (Å²) >= 11 is 1.49. The minimum Gasteiger partial charge on any atom is -0.382 e. The van der Waals surface area contributed by atoms with Gasteiger partial charge in [0.2, 0.25) is 0 Å². The van der Waals surface area contributed by atoms with E-state index in [-0.39, 0.29) is 12.5 Å². The highest BCUT2D eigenvalue weighted by atomic mass is 32.1. The average Bonchev–Trinajstić information content (AvgIpc) is 3.29. The van der Waals surface area contributed by atoms with Crippen LogP contribution in [-0.4, -0.2) is 35.5 Å². The maximum absolute atomic E-state index is 13.4. The first-order chi connectivity index (χ1) is 15.3. The van der Waals surface area contributed by atoms with E-state index in [0.717, 1.165) is 27.6 Å². The minimum absolute atomic E-state index is 0.208. The number of carbonyl (C=O) groups is 1. The van der Waals surface area contributed by atoms with Crippen LogP contribution in [0.15, 0.2) is 53.9 Å². The Morgan fingerprint density at radius 1 is 1.12 bits per heavy atom. The van der Waals surface area contributed by atoms with Crippen LogP contribution in [0.5, 0.6) is 0 Å². The van der Waals surface area contributed by atoms with E-state index >= 15 is 0 Å². The molecule has 5 nitrogen and oxygen atoms in total. The van der Waals surface area contributed by atoms with Crippen LogP contribution >= 0.6 is 11.3 Å². The van der Waals surface area contributed by atoms with Crippen LogP contribution < -0.4 is 5.73 Å². The van der Waals surface area contributed by atoms with Crippen LogP contribution in [0.1, 0.15) is 27.5 Å². The Morgan fingerprint density at radius 2 is 1.91 bits per heavy atom. The largest absolute Gasteiger partial charge is 0.416 e. The van der Waals surface area contributed by atoms with Crippen molar-refractivity contribution in [2.45, 2.75) is 12.2 Å². The molecule has 0 bridgehead atoms. The lowest BCUT2D eigenvalue weighted by atomic mass is 10.0. The van der Waals surface area contributed by atoms with Gasteiger partial charge in [-0.05, 0) is 47.3 Å². The molecule has 1 aliphatic heterocycles. The number of halogens is 3. The summed E-state index contributed by atoms with van der Waals surface area (Å²) in [4.78, 5) is 19.5. The second-order valence-corrected chi connectivity index (χ2v) is 8.52. The lowest BCUT2D eigenvalue weighted by Crippen LogP contribution is -2.43. The smallest absolute Gasteiger partial charge is 0.382 e. The molecule has 1 aliphatic rings. The zero-order valence-corrected chi connectivity index (χ0v) is 17.5. The van der Waals surface area contributed by atoms with Crippen molar-refractivity contribution in [3.63, 3.8) is 0 Å². The van der Waals surface area contributed by atoms with Crippen LogP contribution in [0, 0.1) is 0 Å². The minimum atomic E-state index is -4.41. The number of nitrogens with two attached hydrogens (primary N) is 1. The van der Waals surface area contributed by atoms with Crippen LogP contribution in [0.25, 0.3) is 21.0 Å². The van der Waals surface area contributed by atoms with Gasteiger partial charge in [-0.2, -0.15) is 13.2 Å². The van der Waals surface area contributed by atoms with Crippen molar-refractivity contribution in [3.8, 4) is 0 Å². The fraction of sp³-hybridized carbons (Fsp3) is 0.217. The third-order valence-corrected chi connectivity index (χ3v) is 6.62. The molecule has 4 aromatic rings. The van der Waals surface area contributed by atoms with Gasteiger partial charge in [-0.3, -0.25) is 4.79 Å². The number of nitrogen functional groups attached to an aromatic ring is 1. The maximum atomic E-state index is 13.4. The first-order valence-electron chi connectivity index (χ1n) is 9.95. The van der Waals surface area contributed by atoms with Crippen LogP contribution in [-0.2, 0) is 10.9 Å². The Balaban J connectivity index is 1.50. The number of aromatic nitrogens is 1. The predicted molar refractivity (Wildman–Crippen MR) is 118 cm³/mol. The second-order valence-electron chi connectivity index (χ2n) is 7.60. The third kappa shape index (κ3) is 3.57. The Kier molecular flexibility index (Phi) is 5.02. The molecule has 0 saturated carbocycles. The van der Waals surface area contributed by atoms with Crippen LogP contribution in [0.2, 0.25) is 0 Å². The number of hydrogen-bond donors (Lipinski definition) is 1. The Morgan fingerprint density at radius 3 is 2.66 bits per heavy atom. The van der Waals surface area contributed by atoms with Gasteiger partial charge in [-0.15, -0.1) is 11.3 Å². The molecule has 0 radical (unpaired) electrons. The molecule has 0 unspecified atom stereocenters. The number of thiophene rings is 1. The molecule has 1 amide bonds. The molecule has 0 aliphatic carbocycles. The highest BCUT2D eigenvalue weighted by Gasteiger charge is 2.33. The molecule has 3 heterocycles. The standard InChI is InChI=1S/C23H18F3N3O2S/c24-23(25,26)15-4-1-13(2-5-15)19-12-31-9-8-29(19)22(30)14-3-6-18-17(11-14)16-7-10-32-20(16)21(27)28-18/h1-7,10-11,19H,8-9,12H2,(H2,27,28)/t19-/m1/s1. The van der Waals surface area contributed by atoms with E-state index in [1.807, 2.05) is 11.4 Å². The Bertz CT molecular complexity index is 1320. The van der Waals surface area contributed by atoms with Gasteiger partial charge in [0.15, 0.2) is 0 Å². The highest BCUT2D eigenvalue weighted by molar-refractivity contribution is 7.18. The number of rotatable bonds is 2. The molecule has 0 spiro atoms. The van der Waals surface area contributed by atoms with Crippen molar-refractivity contribution in [2.24, 2.45) is 0 Å². The van der Waals surface area contributed by atoms with Crippen molar-refractivity contribution >= 4 is 44.1 Å². The van der Waals surface area contributed by atoms with Gasteiger partial charge in [0.25, 0.3) is 5.91 Å². The molecule has 1 saturated heterocycles. The SMILES string of the molecule is Nc1nc2ccc(C(=O)N3CCOC[C@@H]3c3ccc(C(F)(F)F)cc3)cc2c2ccsc12. The van der Waals surface area contributed by atoms with Crippen LogP contribution in [0.3, 0.4) is 0 Å². The molecule has 5 rings (SSSR count). The number of hydrogen-bond acceptors (Lipinski definition) is 5. The molecule has 1 fully saturated rings. The summed E-state index contributed by atoms with van der Waals surface area (Å²) in [5.74, 6) is 0.248. The summed E-state index contributed by atoms with van der Waals surface area (Å²) in [6.07, 6.45) is -4.41. The molecule has 9 heteroatoms. The monoisotopic (exact) mass is 457 g/mol. The van der Waals surface area contributed by atoms with Crippen LogP contribution in [0.4, 0.5) is 19.0 Å². The van der Waals surface area contributed by atoms with Crippen molar-refractivity contribution in [3.05, 3.63) is 70.6 Å². The number of anilines is 1. The first kappa shape index (κ1) is 20.7. The molecular formula is C23H18F3N3O2S. The summed E-state index contributed by atoms with van der Waals surface area (Å²) in [6.45, 7) is 0.928. The number of carbonyl (C=O) groups excluding carboxylic acids is 1. The Hall–Kier alpha value is -3.17. The van der Waals surface area contributed by atoms with Crippen molar-refractivity contribution in [2.75, 3.05) is 25.5 Å². The number of alkyl halides is 3. The fourth-order valence-corrected chi connectivity index (χ4v) is 4.88. The molecule has 1 atom stereocenters. The van der Waals surface area contributed by atoms with E-state index in [0.29, 0.717) is 35.6 Å². The van der Waals surface area contributed by atoms with Crippen molar-refractivity contribution in [1.29, 1.82) is 0 Å². The zero-order chi connectivity index (χ0) is 22.5. The number of fused-ring (bicyclic) bond motifs is 3. The summed E-state index contributed by atoms with van der Waals surface area (Å²) < 4.78 is 45.2. The lowest BCUT2D eigenvalue weighted by molar-refractivity contribution is -0.137. The van der Waals surface area contributed by atoms with E-state index in [2.05, 4.69) is 4.98 Å². The van der Waals surface area contributed by atoms with E-state index in [1.165, 1.54) is 23.5 Å². The van der Waals surface area contributed by atoms with Gasteiger partial charge in [-0.25, -0.2) is 4.98 Å². The topological polar surface area (TPSA) is 68.5 Å². The number of ether oxygens (including phenoxy) is 1. The van der Waals surface area contributed by atoms with Crippen molar-refractivity contribution in [1.82, 2.24) is 9.88 Å². The first-order valence-corrected chi connectivity index (χ1v) is 10.8. The quantitative estimate of drug-likeness (QED) is 0.446. The van der Waals surface area contributed by atoms with E-state index in [9.17, 15) is 18.0 Å². The zero-order valence-electron chi connectivity index (χ0n) is 16.7. The molecule has 2 aromatic heterocycles. The van der Waals surface area contributed by atoms with Gasteiger partial charge in [-0.1, -0.05) is 12.1 Å². The summed E-state index contributed by atoms with van der Waals surface area (Å²) in [5, 5.41) is 3.70.